The Balaban J connectivity index is 1.58. The van der Waals surface area contributed by atoms with Crippen LogP contribution in [0.5, 0.6) is 0 Å². The molecule has 0 saturated carbocycles. The van der Waals surface area contributed by atoms with Crippen LogP contribution < -0.4 is 10.6 Å². The summed E-state index contributed by atoms with van der Waals surface area (Å²) in [5.41, 5.74) is 1.36. The molecule has 7 heteroatoms. The third kappa shape index (κ3) is 5.80. The van der Waals surface area contributed by atoms with Gasteiger partial charge in [0.1, 0.15) is 12.4 Å². The van der Waals surface area contributed by atoms with Crippen molar-refractivity contribution in [1.82, 2.24) is 25.4 Å². The van der Waals surface area contributed by atoms with Gasteiger partial charge in [0.2, 0.25) is 0 Å². The first kappa shape index (κ1) is 20.8. The monoisotopic (exact) mass is 446 g/mol. The Labute approximate surface area is 176 Å². The maximum atomic E-state index is 4.76. The van der Waals surface area contributed by atoms with E-state index in [0.717, 1.165) is 61.0 Å². The van der Waals surface area contributed by atoms with Crippen LogP contribution in [0.4, 0.5) is 0 Å². The fourth-order valence-corrected chi connectivity index (χ4v) is 4.02. The zero-order chi connectivity index (χ0) is 19.8. The molecule has 1 aliphatic rings. The van der Waals surface area contributed by atoms with Gasteiger partial charge in [-0.25, -0.2) is 4.99 Å². The number of fused-ring (bicyclic) bond motifs is 1. The first-order chi connectivity index (χ1) is 13.7. The van der Waals surface area contributed by atoms with Crippen molar-refractivity contribution in [3.63, 3.8) is 0 Å². The Kier molecular flexibility index (Phi) is 7.89. The van der Waals surface area contributed by atoms with Gasteiger partial charge >= 0.3 is 0 Å². The van der Waals surface area contributed by atoms with E-state index in [4.69, 9.17) is 4.99 Å². The number of aryl methyl sites for hydroxylation is 1. The topological polar surface area (TPSA) is 67.1 Å². The van der Waals surface area contributed by atoms with Gasteiger partial charge in [0.15, 0.2) is 11.8 Å². The minimum atomic E-state index is 0.555. The number of hydrogen-bond donors (Lipinski definition) is 2. The van der Waals surface area contributed by atoms with Crippen molar-refractivity contribution in [3.8, 4) is 0 Å². The number of aliphatic imine (C=N–C) groups is 1. The number of halogens is 1. The van der Waals surface area contributed by atoms with Crippen LogP contribution in [0.2, 0.25) is 0 Å². The molecule has 1 atom stereocenters. The van der Waals surface area contributed by atoms with E-state index in [1.54, 1.807) is 0 Å². The Hall–Kier alpha value is -1.89. The summed E-state index contributed by atoms with van der Waals surface area (Å²) in [5, 5.41) is 15.5. The molecule has 28 heavy (non-hydrogen) atoms. The van der Waals surface area contributed by atoms with Crippen molar-refractivity contribution in [2.75, 3.05) is 13.1 Å². The highest BCUT2D eigenvalue weighted by Crippen LogP contribution is 2.17. The molecule has 0 bridgehead atoms. The third-order valence-electron chi connectivity index (χ3n) is 5.21. The first-order valence-corrected chi connectivity index (χ1v) is 11.2. The van der Waals surface area contributed by atoms with Gasteiger partial charge in [-0.15, -0.1) is 10.2 Å². The third-order valence-corrected chi connectivity index (χ3v) is 5.70. The molecule has 2 heterocycles. The van der Waals surface area contributed by atoms with Crippen molar-refractivity contribution in [2.24, 2.45) is 10.9 Å². The fourth-order valence-electron chi connectivity index (χ4n) is 3.58. The van der Waals surface area contributed by atoms with Gasteiger partial charge in [0.25, 0.3) is 0 Å². The molecule has 1 aliphatic heterocycles. The lowest BCUT2D eigenvalue weighted by Crippen LogP contribution is -2.40. The summed E-state index contributed by atoms with van der Waals surface area (Å²) in [4.78, 5) is 4.76. The Bertz CT molecular complexity index is 785. The highest BCUT2D eigenvalue weighted by molar-refractivity contribution is 9.10. The molecule has 2 aromatic rings. The minimum absolute atomic E-state index is 0.555. The predicted molar refractivity (Wildman–Crippen MR) is 117 cm³/mol. The molecule has 0 radical (unpaired) electrons. The number of nitrogens with zero attached hydrogens (tertiary/aromatic N) is 4. The molecule has 152 valence electrons. The summed E-state index contributed by atoms with van der Waals surface area (Å²) in [6, 6.07) is 8.57. The lowest BCUT2D eigenvalue weighted by molar-refractivity contribution is 0.492. The molecule has 0 spiro atoms. The van der Waals surface area contributed by atoms with Crippen molar-refractivity contribution >= 4 is 21.9 Å². The zero-order valence-corrected chi connectivity index (χ0v) is 18.5. The quantitative estimate of drug-likeness (QED) is 0.479. The van der Waals surface area contributed by atoms with Crippen LogP contribution in [0.3, 0.4) is 0 Å². The molecule has 0 amide bonds. The van der Waals surface area contributed by atoms with Crippen LogP contribution in [-0.2, 0) is 25.9 Å². The molecular weight excluding hydrogens is 416 g/mol. The Morgan fingerprint density at radius 3 is 2.93 bits per heavy atom. The average molecular weight is 447 g/mol. The maximum absolute atomic E-state index is 4.76. The smallest absolute Gasteiger partial charge is 0.191 e. The SMILES string of the molecule is CCNC(=NCc1nnc2n1CCCC2)NCC(CC)Cc1cccc(Br)c1. The van der Waals surface area contributed by atoms with Gasteiger partial charge < -0.3 is 15.2 Å². The molecule has 6 nitrogen and oxygen atoms in total. The molecule has 0 saturated heterocycles. The van der Waals surface area contributed by atoms with Crippen LogP contribution in [0.25, 0.3) is 0 Å². The summed E-state index contributed by atoms with van der Waals surface area (Å²) in [5.74, 6) is 3.48. The molecular formula is C21H31BrN6. The highest BCUT2D eigenvalue weighted by atomic mass is 79.9. The van der Waals surface area contributed by atoms with Crippen molar-refractivity contribution in [2.45, 2.75) is 59.0 Å². The molecule has 2 N–H and O–H groups in total. The molecule has 1 aromatic carbocycles. The summed E-state index contributed by atoms with van der Waals surface area (Å²) >= 11 is 3.56. The largest absolute Gasteiger partial charge is 0.357 e. The van der Waals surface area contributed by atoms with Gasteiger partial charge in [0.05, 0.1) is 0 Å². The van der Waals surface area contributed by atoms with E-state index in [0.29, 0.717) is 12.5 Å². The molecule has 0 aliphatic carbocycles. The molecule has 1 aromatic heterocycles. The predicted octanol–water partition coefficient (Wildman–Crippen LogP) is 3.70. The lowest BCUT2D eigenvalue weighted by Gasteiger charge is -2.18. The highest BCUT2D eigenvalue weighted by Gasteiger charge is 2.15. The number of rotatable bonds is 8. The normalized spacial score (nSPS) is 15.2. The van der Waals surface area contributed by atoms with Gasteiger partial charge in [-0.2, -0.15) is 0 Å². The van der Waals surface area contributed by atoms with Crippen LogP contribution in [-0.4, -0.2) is 33.8 Å². The molecule has 1 unspecified atom stereocenters. The second-order valence-electron chi connectivity index (χ2n) is 7.33. The average Bonchev–Trinajstić information content (AvgIpc) is 3.12. The van der Waals surface area contributed by atoms with Crippen LogP contribution >= 0.6 is 15.9 Å². The van der Waals surface area contributed by atoms with Gasteiger partial charge in [0, 0.05) is 30.5 Å². The van der Waals surface area contributed by atoms with E-state index >= 15 is 0 Å². The van der Waals surface area contributed by atoms with Gasteiger partial charge in [-0.1, -0.05) is 41.4 Å². The van der Waals surface area contributed by atoms with Gasteiger partial charge in [-0.3, -0.25) is 0 Å². The van der Waals surface area contributed by atoms with Crippen molar-refractivity contribution < 1.29 is 0 Å². The minimum Gasteiger partial charge on any atom is -0.357 e. The van der Waals surface area contributed by atoms with E-state index in [1.165, 1.54) is 18.4 Å². The van der Waals surface area contributed by atoms with E-state index in [2.05, 4.69) is 79.4 Å². The van der Waals surface area contributed by atoms with Crippen LogP contribution in [0.15, 0.2) is 33.7 Å². The number of benzene rings is 1. The number of nitrogens with one attached hydrogen (secondary N) is 2. The van der Waals surface area contributed by atoms with Crippen molar-refractivity contribution in [3.05, 3.63) is 46.0 Å². The van der Waals surface area contributed by atoms with Crippen molar-refractivity contribution in [1.29, 1.82) is 0 Å². The van der Waals surface area contributed by atoms with Gasteiger partial charge in [-0.05, 0) is 49.8 Å². The van der Waals surface area contributed by atoms with E-state index in [1.807, 2.05) is 0 Å². The number of aromatic nitrogens is 3. The molecule has 3 rings (SSSR count). The number of hydrogen-bond acceptors (Lipinski definition) is 3. The summed E-state index contributed by atoms with van der Waals surface area (Å²) in [6.45, 7) is 7.65. The van der Waals surface area contributed by atoms with E-state index in [-0.39, 0.29) is 0 Å². The molecule has 0 fully saturated rings. The van der Waals surface area contributed by atoms with E-state index in [9.17, 15) is 0 Å². The summed E-state index contributed by atoms with van der Waals surface area (Å²) < 4.78 is 3.37. The first-order valence-electron chi connectivity index (χ1n) is 10.4. The lowest BCUT2D eigenvalue weighted by atomic mass is 9.97. The van der Waals surface area contributed by atoms with Crippen LogP contribution in [0.1, 0.15) is 50.3 Å². The second-order valence-corrected chi connectivity index (χ2v) is 8.24. The second kappa shape index (κ2) is 10.6. The fraction of sp³-hybridized carbons (Fsp3) is 0.571. The Morgan fingerprint density at radius 1 is 1.25 bits per heavy atom. The standard InChI is InChI=1S/C21H31BrN6/c1-3-16(12-17-8-7-9-18(22)13-17)14-24-21(23-4-2)25-15-20-27-26-19-10-5-6-11-28(19)20/h7-9,13,16H,3-6,10-12,14-15H2,1-2H3,(H2,23,24,25). The van der Waals surface area contributed by atoms with Crippen LogP contribution in [0, 0.1) is 5.92 Å². The Morgan fingerprint density at radius 2 is 2.14 bits per heavy atom. The number of guanidine groups is 1. The van der Waals surface area contributed by atoms with E-state index < -0.39 is 0 Å². The summed E-state index contributed by atoms with van der Waals surface area (Å²) in [6.07, 6.45) is 5.62. The maximum Gasteiger partial charge on any atom is 0.191 e. The summed E-state index contributed by atoms with van der Waals surface area (Å²) in [7, 11) is 0. The zero-order valence-electron chi connectivity index (χ0n) is 16.9.